The van der Waals surface area contributed by atoms with Gasteiger partial charge in [0.25, 0.3) is 0 Å². The van der Waals surface area contributed by atoms with Crippen LogP contribution >= 0.6 is 0 Å². The predicted octanol–water partition coefficient (Wildman–Crippen LogP) is 4.65. The molecule has 0 saturated heterocycles. The van der Waals surface area contributed by atoms with Gasteiger partial charge in [-0.05, 0) is 56.3 Å². The first-order valence-electron chi connectivity index (χ1n) is 6.82. The molecule has 96 valence electrons. The summed E-state index contributed by atoms with van der Waals surface area (Å²) in [6.45, 7) is 2.41. The van der Waals surface area contributed by atoms with E-state index >= 15 is 0 Å². The van der Waals surface area contributed by atoms with E-state index < -0.39 is 0 Å². The molecule has 0 amide bonds. The lowest BCUT2D eigenvalue weighted by molar-refractivity contribution is 0.0399. The van der Waals surface area contributed by atoms with E-state index in [9.17, 15) is 0 Å². The lowest BCUT2D eigenvalue weighted by atomic mass is 9.71. The zero-order valence-corrected chi connectivity index (χ0v) is 10.4. The molecule has 0 aromatic heterocycles. The van der Waals surface area contributed by atoms with Crippen LogP contribution in [0.3, 0.4) is 0 Å². The smallest absolute Gasteiger partial charge is 0.0571 e. The number of ether oxygens (including phenoxy) is 1. The first-order chi connectivity index (χ1) is 7.29. The van der Waals surface area contributed by atoms with Gasteiger partial charge in [-0.15, -0.1) is 0 Å². The number of rotatable bonds is 2. The van der Waals surface area contributed by atoms with Crippen LogP contribution in [0, 0.1) is 17.8 Å². The quantitative estimate of drug-likeness (QED) is 0.665. The predicted molar refractivity (Wildman–Crippen MR) is 70.6 cm³/mol. The molecule has 0 bridgehead atoms. The third kappa shape index (κ3) is 3.48. The largest absolute Gasteiger partial charge is 0.381 e. The Morgan fingerprint density at radius 2 is 1.19 bits per heavy atom. The first-order valence-corrected chi connectivity index (χ1v) is 6.82. The van der Waals surface area contributed by atoms with Crippen molar-refractivity contribution in [2.45, 2.75) is 71.8 Å². The van der Waals surface area contributed by atoms with Crippen LogP contribution in [0.25, 0.3) is 0 Å². The highest BCUT2D eigenvalue weighted by molar-refractivity contribution is 4.81. The van der Waals surface area contributed by atoms with E-state index in [0.29, 0.717) is 6.10 Å². The lowest BCUT2D eigenvalue weighted by Gasteiger charge is -2.36. The van der Waals surface area contributed by atoms with E-state index in [-0.39, 0.29) is 7.43 Å². The average Bonchev–Trinajstić information content (AvgIpc) is 2.30. The summed E-state index contributed by atoms with van der Waals surface area (Å²) in [5.74, 6) is 3.08. The maximum absolute atomic E-state index is 5.44. The molecule has 0 unspecified atom stereocenters. The second kappa shape index (κ2) is 6.64. The summed E-state index contributed by atoms with van der Waals surface area (Å²) < 4.78 is 5.44. The maximum atomic E-state index is 5.44. The van der Waals surface area contributed by atoms with E-state index in [1.807, 2.05) is 7.11 Å². The Morgan fingerprint density at radius 3 is 1.62 bits per heavy atom. The Morgan fingerprint density at radius 1 is 0.750 bits per heavy atom. The highest BCUT2D eigenvalue weighted by Gasteiger charge is 2.29. The van der Waals surface area contributed by atoms with E-state index in [0.717, 1.165) is 17.8 Å². The average molecular weight is 226 g/mol. The molecule has 2 fully saturated rings. The summed E-state index contributed by atoms with van der Waals surface area (Å²) in [6, 6.07) is 0. The Balaban J connectivity index is 0.00000128. The van der Waals surface area contributed by atoms with Gasteiger partial charge in [0.15, 0.2) is 0 Å². The van der Waals surface area contributed by atoms with Crippen molar-refractivity contribution in [2.24, 2.45) is 17.8 Å². The second-order valence-corrected chi connectivity index (χ2v) is 5.79. The summed E-state index contributed by atoms with van der Waals surface area (Å²) in [6.07, 6.45) is 12.0. The minimum Gasteiger partial charge on any atom is -0.381 e. The van der Waals surface area contributed by atoms with Gasteiger partial charge in [-0.1, -0.05) is 27.2 Å². The molecule has 0 aliphatic heterocycles. The topological polar surface area (TPSA) is 9.23 Å². The molecule has 0 atom stereocenters. The molecule has 1 heteroatoms. The van der Waals surface area contributed by atoms with Crippen LogP contribution in [0.2, 0.25) is 0 Å². The fraction of sp³-hybridized carbons (Fsp3) is 1.00. The summed E-state index contributed by atoms with van der Waals surface area (Å²) in [5.41, 5.74) is 0. The van der Waals surface area contributed by atoms with Gasteiger partial charge in [0.1, 0.15) is 0 Å². The third-order valence-corrected chi connectivity index (χ3v) is 4.78. The number of hydrogen-bond acceptors (Lipinski definition) is 1. The molecule has 0 radical (unpaired) electrons. The SMILES string of the molecule is C.COC1CCC(C2CCC(C)CC2)CC1. The van der Waals surface area contributed by atoms with Crippen LogP contribution < -0.4 is 0 Å². The zero-order valence-electron chi connectivity index (χ0n) is 10.4. The van der Waals surface area contributed by atoms with Crippen molar-refractivity contribution in [2.75, 3.05) is 7.11 Å². The van der Waals surface area contributed by atoms with Gasteiger partial charge in [0, 0.05) is 7.11 Å². The molecule has 0 N–H and O–H groups in total. The summed E-state index contributed by atoms with van der Waals surface area (Å²) in [7, 11) is 1.87. The molecule has 0 aromatic carbocycles. The minimum atomic E-state index is 0. The standard InChI is InChI=1S/C14H26O.CH4/c1-11-3-5-12(6-4-11)13-7-9-14(15-2)10-8-13;/h11-14H,3-10H2,1-2H3;1H4. The van der Waals surface area contributed by atoms with Gasteiger partial charge >= 0.3 is 0 Å². The molecule has 2 rings (SSSR count). The normalized spacial score (nSPS) is 40.1. The zero-order chi connectivity index (χ0) is 10.7. The van der Waals surface area contributed by atoms with Crippen LogP contribution in [0.1, 0.15) is 65.7 Å². The van der Waals surface area contributed by atoms with Crippen molar-refractivity contribution >= 4 is 0 Å². The fourth-order valence-corrected chi connectivity index (χ4v) is 3.55. The van der Waals surface area contributed by atoms with Crippen molar-refractivity contribution in [3.8, 4) is 0 Å². The van der Waals surface area contributed by atoms with Crippen molar-refractivity contribution < 1.29 is 4.74 Å². The van der Waals surface area contributed by atoms with E-state index in [1.54, 1.807) is 0 Å². The van der Waals surface area contributed by atoms with Gasteiger partial charge in [-0.2, -0.15) is 0 Å². The van der Waals surface area contributed by atoms with Crippen LogP contribution in [0.5, 0.6) is 0 Å². The maximum Gasteiger partial charge on any atom is 0.0571 e. The Kier molecular flexibility index (Phi) is 5.82. The fourth-order valence-electron chi connectivity index (χ4n) is 3.55. The van der Waals surface area contributed by atoms with Crippen molar-refractivity contribution in [3.63, 3.8) is 0 Å². The molecule has 0 aromatic rings. The number of hydrogen-bond donors (Lipinski definition) is 0. The lowest BCUT2D eigenvalue weighted by Crippen LogP contribution is -2.27. The summed E-state index contributed by atoms with van der Waals surface area (Å²) in [5, 5.41) is 0. The van der Waals surface area contributed by atoms with Crippen molar-refractivity contribution in [1.82, 2.24) is 0 Å². The summed E-state index contributed by atoms with van der Waals surface area (Å²) >= 11 is 0. The van der Waals surface area contributed by atoms with Crippen LogP contribution in [-0.2, 0) is 4.74 Å². The Labute approximate surface area is 102 Å². The van der Waals surface area contributed by atoms with E-state index in [1.165, 1.54) is 51.4 Å². The van der Waals surface area contributed by atoms with Crippen LogP contribution in [-0.4, -0.2) is 13.2 Å². The molecule has 2 saturated carbocycles. The number of methoxy groups -OCH3 is 1. The summed E-state index contributed by atoms with van der Waals surface area (Å²) in [4.78, 5) is 0. The molecule has 2 aliphatic carbocycles. The molecule has 0 spiro atoms. The third-order valence-electron chi connectivity index (χ3n) is 4.78. The van der Waals surface area contributed by atoms with Gasteiger partial charge in [-0.25, -0.2) is 0 Å². The molecular weight excluding hydrogens is 196 g/mol. The first kappa shape index (κ1) is 14.0. The second-order valence-electron chi connectivity index (χ2n) is 5.79. The van der Waals surface area contributed by atoms with E-state index in [2.05, 4.69) is 6.92 Å². The molecule has 1 nitrogen and oxygen atoms in total. The molecular formula is C15H30O. The van der Waals surface area contributed by atoms with Gasteiger partial charge in [-0.3, -0.25) is 0 Å². The Hall–Kier alpha value is -0.0400. The monoisotopic (exact) mass is 226 g/mol. The van der Waals surface area contributed by atoms with E-state index in [4.69, 9.17) is 4.74 Å². The highest BCUT2D eigenvalue weighted by Crippen LogP contribution is 2.40. The van der Waals surface area contributed by atoms with Crippen LogP contribution in [0.15, 0.2) is 0 Å². The molecule has 16 heavy (non-hydrogen) atoms. The van der Waals surface area contributed by atoms with Gasteiger partial charge < -0.3 is 4.74 Å². The minimum absolute atomic E-state index is 0. The molecule has 2 aliphatic rings. The van der Waals surface area contributed by atoms with Crippen molar-refractivity contribution in [1.29, 1.82) is 0 Å². The molecule has 0 heterocycles. The van der Waals surface area contributed by atoms with Gasteiger partial charge in [0.2, 0.25) is 0 Å². The van der Waals surface area contributed by atoms with Gasteiger partial charge in [0.05, 0.1) is 6.10 Å². The highest BCUT2D eigenvalue weighted by atomic mass is 16.5. The van der Waals surface area contributed by atoms with Crippen molar-refractivity contribution in [3.05, 3.63) is 0 Å². The van der Waals surface area contributed by atoms with Crippen LogP contribution in [0.4, 0.5) is 0 Å². The Bertz CT molecular complexity index is 174.